The van der Waals surface area contributed by atoms with E-state index in [2.05, 4.69) is 10.2 Å². The number of rotatable bonds is 5. The van der Waals surface area contributed by atoms with Gasteiger partial charge >= 0.3 is 6.01 Å². The molecule has 1 aliphatic heterocycles. The molecule has 0 bridgehead atoms. The molecule has 0 spiro atoms. The predicted octanol–water partition coefficient (Wildman–Crippen LogP) is 1.99. The normalized spacial score (nSPS) is 21.8. The Morgan fingerprint density at radius 2 is 2.21 bits per heavy atom. The van der Waals surface area contributed by atoms with Crippen molar-refractivity contribution in [3.8, 4) is 0 Å². The van der Waals surface area contributed by atoms with Crippen LogP contribution in [0.25, 0.3) is 0 Å². The topological polar surface area (TPSA) is 79.5 Å². The van der Waals surface area contributed by atoms with Crippen LogP contribution in [-0.4, -0.2) is 55.3 Å². The molecule has 1 saturated heterocycles. The van der Waals surface area contributed by atoms with Crippen LogP contribution in [0.2, 0.25) is 0 Å². The van der Waals surface area contributed by atoms with Crippen molar-refractivity contribution >= 4 is 27.4 Å². The first-order chi connectivity index (χ1) is 11.3. The zero-order valence-electron chi connectivity index (χ0n) is 13.6. The minimum atomic E-state index is -3.59. The van der Waals surface area contributed by atoms with Gasteiger partial charge in [-0.25, -0.2) is 12.8 Å². The van der Waals surface area contributed by atoms with Crippen molar-refractivity contribution in [2.75, 3.05) is 25.0 Å². The highest BCUT2D eigenvalue weighted by Gasteiger charge is 2.37. The molecular formula is C14H19FN4O3S2. The van der Waals surface area contributed by atoms with Crippen LogP contribution in [0.3, 0.4) is 0 Å². The number of nitrogens with zero attached hydrogens (tertiary/aromatic N) is 4. The van der Waals surface area contributed by atoms with Crippen LogP contribution in [0.5, 0.6) is 0 Å². The molecule has 132 valence electrons. The minimum absolute atomic E-state index is 0.123. The van der Waals surface area contributed by atoms with Gasteiger partial charge in [-0.1, -0.05) is 5.10 Å². The Morgan fingerprint density at radius 3 is 2.79 bits per heavy atom. The number of anilines is 1. The fraction of sp³-hybridized carbons (Fsp3) is 0.571. The summed E-state index contributed by atoms with van der Waals surface area (Å²) in [7, 11) is -2.08. The van der Waals surface area contributed by atoms with E-state index in [0.29, 0.717) is 5.89 Å². The summed E-state index contributed by atoms with van der Waals surface area (Å²) in [6.45, 7) is 3.78. The highest BCUT2D eigenvalue weighted by atomic mass is 32.2. The van der Waals surface area contributed by atoms with E-state index in [1.165, 1.54) is 22.7 Å². The van der Waals surface area contributed by atoms with E-state index < -0.39 is 16.2 Å². The van der Waals surface area contributed by atoms with Gasteiger partial charge in [-0.2, -0.15) is 4.31 Å². The Balaban J connectivity index is 1.78. The molecule has 7 nitrogen and oxygen atoms in total. The second kappa shape index (κ2) is 6.41. The van der Waals surface area contributed by atoms with Gasteiger partial charge in [0.25, 0.3) is 10.0 Å². The van der Waals surface area contributed by atoms with Crippen molar-refractivity contribution in [2.24, 2.45) is 0 Å². The molecule has 0 amide bonds. The third kappa shape index (κ3) is 3.31. The smallest absolute Gasteiger partial charge is 0.318 e. The number of thiophene rings is 1. The van der Waals surface area contributed by atoms with E-state index in [9.17, 15) is 12.8 Å². The Morgan fingerprint density at radius 1 is 1.46 bits per heavy atom. The lowest BCUT2D eigenvalue weighted by atomic mass is 10.2. The molecule has 0 saturated carbocycles. The molecule has 2 aromatic rings. The van der Waals surface area contributed by atoms with Gasteiger partial charge in [0, 0.05) is 26.9 Å². The zero-order chi connectivity index (χ0) is 17.5. The summed E-state index contributed by atoms with van der Waals surface area (Å²) in [4.78, 5) is 1.65. The van der Waals surface area contributed by atoms with Crippen molar-refractivity contribution in [3.05, 3.63) is 22.9 Å². The van der Waals surface area contributed by atoms with Crippen LogP contribution in [0.4, 0.5) is 10.4 Å². The average Bonchev–Trinajstić information content (AvgIpc) is 3.20. The molecule has 10 heteroatoms. The Bertz CT molecular complexity index is 820. The number of likely N-dealkylation sites (N-methyl/N-ethyl adjacent to an activating group) is 1. The van der Waals surface area contributed by atoms with E-state index in [4.69, 9.17) is 4.42 Å². The summed E-state index contributed by atoms with van der Waals surface area (Å²) in [5.41, 5.74) is 0.902. The largest absolute Gasteiger partial charge is 0.408 e. The number of hydrogen-bond acceptors (Lipinski definition) is 7. The Kier molecular flexibility index (Phi) is 4.63. The molecule has 3 heterocycles. The number of alkyl halides is 1. The molecule has 24 heavy (non-hydrogen) atoms. The van der Waals surface area contributed by atoms with Gasteiger partial charge in [-0.05, 0) is 23.9 Å². The van der Waals surface area contributed by atoms with Crippen LogP contribution in [0.15, 0.2) is 20.1 Å². The Hall–Kier alpha value is -1.52. The average molecular weight is 374 g/mol. The van der Waals surface area contributed by atoms with Crippen molar-refractivity contribution in [1.82, 2.24) is 14.5 Å². The number of aromatic nitrogens is 2. The second-order valence-corrected chi connectivity index (χ2v) is 9.15. The van der Waals surface area contributed by atoms with Crippen LogP contribution >= 0.6 is 11.3 Å². The molecule has 1 aliphatic rings. The van der Waals surface area contributed by atoms with Gasteiger partial charge in [0.15, 0.2) is 0 Å². The summed E-state index contributed by atoms with van der Waals surface area (Å²) in [5.74, 6) is 0.390. The fourth-order valence-electron chi connectivity index (χ4n) is 2.76. The van der Waals surface area contributed by atoms with Gasteiger partial charge in [-0.3, -0.25) is 0 Å². The number of aryl methyl sites for hydroxylation is 2. The first kappa shape index (κ1) is 17.3. The predicted molar refractivity (Wildman–Crippen MR) is 88.6 cm³/mol. The zero-order valence-corrected chi connectivity index (χ0v) is 15.3. The molecule has 1 fully saturated rings. The number of hydrogen-bond donors (Lipinski definition) is 0. The highest BCUT2D eigenvalue weighted by Crippen LogP contribution is 2.29. The first-order valence-corrected chi connectivity index (χ1v) is 9.81. The van der Waals surface area contributed by atoms with E-state index in [-0.39, 0.29) is 35.8 Å². The summed E-state index contributed by atoms with van der Waals surface area (Å²) in [5, 5.41) is 9.47. The summed E-state index contributed by atoms with van der Waals surface area (Å²) in [6.07, 6.45) is -0.826. The highest BCUT2D eigenvalue weighted by molar-refractivity contribution is 7.91. The van der Waals surface area contributed by atoms with Crippen molar-refractivity contribution in [1.29, 1.82) is 0 Å². The molecule has 0 unspecified atom stereocenters. The van der Waals surface area contributed by atoms with Gasteiger partial charge in [0.1, 0.15) is 10.4 Å². The van der Waals surface area contributed by atoms with E-state index in [0.717, 1.165) is 5.56 Å². The maximum absolute atomic E-state index is 13.9. The SMILES string of the molecule is Cc1csc(S(=O)(=O)N(C)C[C@@H]2C[C@H](F)CN2c2nnc(C)o2)c1. The van der Waals surface area contributed by atoms with E-state index >= 15 is 0 Å². The molecule has 0 N–H and O–H groups in total. The molecule has 3 rings (SSSR count). The van der Waals surface area contributed by atoms with Crippen LogP contribution in [0, 0.1) is 13.8 Å². The van der Waals surface area contributed by atoms with Crippen molar-refractivity contribution < 1.29 is 17.2 Å². The Labute approximate surface area is 144 Å². The maximum atomic E-state index is 13.9. The lowest BCUT2D eigenvalue weighted by Crippen LogP contribution is -2.41. The summed E-state index contributed by atoms with van der Waals surface area (Å²) < 4.78 is 46.1. The number of halogens is 1. The van der Waals surface area contributed by atoms with Crippen molar-refractivity contribution in [3.63, 3.8) is 0 Å². The number of sulfonamides is 1. The standard InChI is InChI=1S/C14H19FN4O3S2/c1-9-4-13(23-8-9)24(20,21)18(3)7-12-5-11(15)6-19(12)14-17-16-10(2)22-14/h4,8,11-12H,5-7H2,1-3H3/t11-,12-/m0/s1. The monoisotopic (exact) mass is 374 g/mol. The molecule has 0 aliphatic carbocycles. The van der Waals surface area contributed by atoms with Crippen molar-refractivity contribution in [2.45, 2.75) is 36.7 Å². The van der Waals surface area contributed by atoms with Crippen LogP contribution in [0.1, 0.15) is 17.9 Å². The van der Waals surface area contributed by atoms with E-state index in [1.807, 2.05) is 6.92 Å². The van der Waals surface area contributed by atoms with Gasteiger partial charge in [0.05, 0.1) is 12.6 Å². The molecule has 0 radical (unpaired) electrons. The van der Waals surface area contributed by atoms with Crippen LogP contribution in [-0.2, 0) is 10.0 Å². The quantitative estimate of drug-likeness (QED) is 0.796. The molecular weight excluding hydrogens is 355 g/mol. The van der Waals surface area contributed by atoms with Gasteiger partial charge in [0.2, 0.25) is 5.89 Å². The van der Waals surface area contributed by atoms with Gasteiger partial charge in [-0.15, -0.1) is 16.4 Å². The molecule has 2 atom stereocenters. The van der Waals surface area contributed by atoms with Gasteiger partial charge < -0.3 is 9.32 Å². The minimum Gasteiger partial charge on any atom is -0.408 e. The molecule has 2 aromatic heterocycles. The fourth-order valence-corrected chi connectivity index (χ4v) is 5.40. The molecule has 0 aromatic carbocycles. The third-order valence-corrected chi connectivity index (χ3v) is 7.32. The summed E-state index contributed by atoms with van der Waals surface area (Å²) >= 11 is 1.19. The van der Waals surface area contributed by atoms with Crippen LogP contribution < -0.4 is 4.90 Å². The lowest BCUT2D eigenvalue weighted by Gasteiger charge is -2.26. The lowest BCUT2D eigenvalue weighted by molar-refractivity contribution is 0.346. The maximum Gasteiger partial charge on any atom is 0.318 e. The first-order valence-electron chi connectivity index (χ1n) is 7.49. The summed E-state index contributed by atoms with van der Waals surface area (Å²) in [6, 6.07) is 1.53. The third-order valence-electron chi connectivity index (χ3n) is 3.96. The van der Waals surface area contributed by atoms with E-state index in [1.54, 1.807) is 23.3 Å². The second-order valence-electron chi connectivity index (χ2n) is 5.97.